The molecule has 2 aromatic heterocycles. The molecule has 1 saturated heterocycles. The Morgan fingerprint density at radius 2 is 1.65 bits per heavy atom. The molecule has 5 nitrogen and oxygen atoms in total. The number of nitrogens with one attached hydrogen (secondary N) is 1. The molecule has 4 aromatic rings. The molecule has 1 N–H and O–H groups in total. The third-order valence-corrected chi connectivity index (χ3v) is 6.91. The quantitative estimate of drug-likeness (QED) is 0.379. The summed E-state index contributed by atoms with van der Waals surface area (Å²) < 4.78 is 2.27. The Morgan fingerprint density at radius 1 is 0.882 bits per heavy atom. The summed E-state index contributed by atoms with van der Waals surface area (Å²) in [5, 5.41) is 4.26. The van der Waals surface area contributed by atoms with E-state index < -0.39 is 0 Å². The molecule has 0 radical (unpaired) electrons. The second-order valence-electron chi connectivity index (χ2n) is 8.98. The van der Waals surface area contributed by atoms with Gasteiger partial charge in [-0.15, -0.1) is 0 Å². The smallest absolute Gasteiger partial charge is 0.174 e. The number of hydrogen-bond donors (Lipinski definition) is 1. The van der Waals surface area contributed by atoms with Crippen LogP contribution in [0.3, 0.4) is 0 Å². The number of aromatic nitrogens is 2. The van der Waals surface area contributed by atoms with Gasteiger partial charge >= 0.3 is 0 Å². The van der Waals surface area contributed by atoms with Crippen molar-refractivity contribution in [2.24, 2.45) is 0 Å². The fourth-order valence-electron chi connectivity index (χ4n) is 4.59. The number of anilines is 2. The lowest BCUT2D eigenvalue weighted by atomic mass is 10.0. The minimum atomic E-state index is -0.0811. The summed E-state index contributed by atoms with van der Waals surface area (Å²) in [6, 6.07) is 25.3. The van der Waals surface area contributed by atoms with Gasteiger partial charge in [0.25, 0.3) is 0 Å². The van der Waals surface area contributed by atoms with Gasteiger partial charge < -0.3 is 19.7 Å². The first-order valence-electron chi connectivity index (χ1n) is 11.5. The average Bonchev–Trinajstić information content (AvgIpc) is 3.45. The number of hydrogen-bond acceptors (Lipinski definition) is 3. The normalized spacial score (nSPS) is 17.6. The highest BCUT2D eigenvalue weighted by atomic mass is 32.1. The molecule has 5 rings (SSSR count). The molecule has 172 valence electrons. The molecule has 2 atom stereocenters. The lowest BCUT2D eigenvalue weighted by molar-refractivity contribution is 0.549. The summed E-state index contributed by atoms with van der Waals surface area (Å²) in [4.78, 5) is 9.01. The molecule has 0 unspecified atom stereocenters. The predicted molar refractivity (Wildman–Crippen MR) is 144 cm³/mol. The van der Waals surface area contributed by atoms with Crippen LogP contribution in [0.15, 0.2) is 85.2 Å². The molecular formula is C28H29N5S. The molecule has 3 heterocycles. The van der Waals surface area contributed by atoms with Gasteiger partial charge in [0.2, 0.25) is 0 Å². The van der Waals surface area contributed by atoms with Crippen LogP contribution >= 0.6 is 12.2 Å². The highest BCUT2D eigenvalue weighted by molar-refractivity contribution is 7.80. The lowest BCUT2D eigenvalue weighted by Gasteiger charge is -2.29. The van der Waals surface area contributed by atoms with Gasteiger partial charge in [-0.2, -0.15) is 0 Å². The first-order valence-corrected chi connectivity index (χ1v) is 11.9. The van der Waals surface area contributed by atoms with E-state index in [1.165, 1.54) is 11.1 Å². The molecule has 6 heteroatoms. The van der Waals surface area contributed by atoms with Gasteiger partial charge in [-0.3, -0.25) is 4.98 Å². The van der Waals surface area contributed by atoms with E-state index in [9.17, 15) is 0 Å². The third-order valence-electron chi connectivity index (χ3n) is 6.59. The van der Waals surface area contributed by atoms with Crippen molar-refractivity contribution >= 4 is 28.7 Å². The van der Waals surface area contributed by atoms with Crippen molar-refractivity contribution in [2.75, 3.05) is 23.9 Å². The Bertz CT molecular complexity index is 1310. The summed E-state index contributed by atoms with van der Waals surface area (Å²) >= 11 is 5.90. The summed E-state index contributed by atoms with van der Waals surface area (Å²) in [6.45, 7) is 4.30. The van der Waals surface area contributed by atoms with Crippen molar-refractivity contribution in [2.45, 2.75) is 25.9 Å². The van der Waals surface area contributed by atoms with Gasteiger partial charge in [-0.25, -0.2) is 0 Å². The second-order valence-corrected chi connectivity index (χ2v) is 9.37. The number of benzene rings is 2. The molecule has 0 aliphatic carbocycles. The van der Waals surface area contributed by atoms with Crippen molar-refractivity contribution in [1.82, 2.24) is 14.9 Å². The zero-order valence-electron chi connectivity index (χ0n) is 19.9. The molecule has 1 aliphatic heterocycles. The Balaban J connectivity index is 1.64. The fraction of sp³-hybridized carbons (Fsp3) is 0.214. The average molecular weight is 468 g/mol. The molecule has 0 spiro atoms. The molecule has 2 aromatic carbocycles. The highest BCUT2D eigenvalue weighted by Crippen LogP contribution is 2.42. The van der Waals surface area contributed by atoms with Crippen LogP contribution < -0.4 is 15.1 Å². The third kappa shape index (κ3) is 3.94. The van der Waals surface area contributed by atoms with Crippen molar-refractivity contribution < 1.29 is 0 Å². The zero-order chi connectivity index (χ0) is 23.8. The minimum Gasteiger partial charge on any atom is -0.378 e. The summed E-state index contributed by atoms with van der Waals surface area (Å²) in [6.07, 6.45) is 3.97. The van der Waals surface area contributed by atoms with E-state index in [0.29, 0.717) is 5.11 Å². The van der Waals surface area contributed by atoms with E-state index in [1.807, 2.05) is 32.4 Å². The van der Waals surface area contributed by atoms with Crippen LogP contribution in [0.5, 0.6) is 0 Å². The zero-order valence-corrected chi connectivity index (χ0v) is 20.8. The van der Waals surface area contributed by atoms with E-state index in [2.05, 4.69) is 105 Å². The Labute approximate surface area is 206 Å². The van der Waals surface area contributed by atoms with Gasteiger partial charge in [0.05, 0.1) is 11.7 Å². The monoisotopic (exact) mass is 467 g/mol. The van der Waals surface area contributed by atoms with Crippen molar-refractivity contribution in [3.05, 3.63) is 108 Å². The topological polar surface area (TPSA) is 36.3 Å². The molecule has 0 saturated carbocycles. The number of rotatable bonds is 5. The fourth-order valence-corrected chi connectivity index (χ4v) is 4.94. The molecule has 34 heavy (non-hydrogen) atoms. The summed E-state index contributed by atoms with van der Waals surface area (Å²) in [7, 11) is 4.10. The maximum atomic E-state index is 5.90. The lowest BCUT2D eigenvalue weighted by Crippen LogP contribution is -2.30. The van der Waals surface area contributed by atoms with Crippen LogP contribution in [0.25, 0.3) is 5.69 Å². The van der Waals surface area contributed by atoms with Gasteiger partial charge in [0.15, 0.2) is 5.11 Å². The largest absolute Gasteiger partial charge is 0.378 e. The predicted octanol–water partition coefficient (Wildman–Crippen LogP) is 5.73. The number of pyridine rings is 1. The Morgan fingerprint density at radius 3 is 2.32 bits per heavy atom. The highest BCUT2D eigenvalue weighted by Gasteiger charge is 2.42. The molecule has 0 bridgehead atoms. The second kappa shape index (κ2) is 8.95. The summed E-state index contributed by atoms with van der Waals surface area (Å²) in [5.74, 6) is 0. The van der Waals surface area contributed by atoms with Gasteiger partial charge in [-0.1, -0.05) is 12.1 Å². The SMILES string of the molecule is Cc1ccc(-n2cccc2[C@H]2[C@@H](c3ccccn3)NC(=S)N2c2ccc(N(C)C)cc2)cc1C. The Kier molecular flexibility index (Phi) is 5.84. The maximum absolute atomic E-state index is 5.90. The molecule has 0 amide bonds. The molecule has 1 aliphatic rings. The minimum absolute atomic E-state index is 0.0655. The molecular weight excluding hydrogens is 438 g/mol. The van der Waals surface area contributed by atoms with E-state index in [1.54, 1.807) is 0 Å². The van der Waals surface area contributed by atoms with Crippen molar-refractivity contribution in [3.63, 3.8) is 0 Å². The van der Waals surface area contributed by atoms with E-state index in [0.717, 1.165) is 28.5 Å². The van der Waals surface area contributed by atoms with E-state index >= 15 is 0 Å². The van der Waals surface area contributed by atoms with E-state index in [-0.39, 0.29) is 12.1 Å². The van der Waals surface area contributed by atoms with Gasteiger partial charge in [0, 0.05) is 49.2 Å². The van der Waals surface area contributed by atoms with Crippen molar-refractivity contribution in [3.8, 4) is 5.69 Å². The number of aryl methyl sites for hydroxylation is 2. The summed E-state index contributed by atoms with van der Waals surface area (Å²) in [5.41, 5.74) is 8.03. The van der Waals surface area contributed by atoms with Crippen LogP contribution in [0.4, 0.5) is 11.4 Å². The molecule has 1 fully saturated rings. The van der Waals surface area contributed by atoms with Gasteiger partial charge in [0.1, 0.15) is 6.04 Å². The Hall–Kier alpha value is -3.64. The van der Waals surface area contributed by atoms with Crippen LogP contribution in [0.2, 0.25) is 0 Å². The van der Waals surface area contributed by atoms with Crippen LogP contribution in [-0.2, 0) is 0 Å². The maximum Gasteiger partial charge on any atom is 0.174 e. The van der Waals surface area contributed by atoms with E-state index in [4.69, 9.17) is 12.2 Å². The van der Waals surface area contributed by atoms with Crippen LogP contribution in [-0.4, -0.2) is 28.8 Å². The van der Waals surface area contributed by atoms with Crippen LogP contribution in [0.1, 0.15) is 34.6 Å². The van der Waals surface area contributed by atoms with Crippen LogP contribution in [0, 0.1) is 13.8 Å². The van der Waals surface area contributed by atoms with Gasteiger partial charge in [-0.05, 0) is 97.9 Å². The standard InChI is InChI=1S/C28H29N5S/c1-19-10-11-23(18-20(19)2)32-17-7-9-25(32)27-26(24-8-5-6-16-29-24)30-28(34)33(27)22-14-12-21(13-15-22)31(3)4/h5-18,26-27H,1-4H3,(H,30,34)/t26-,27+/m1/s1. The number of nitrogens with zero attached hydrogens (tertiary/aromatic N) is 4. The van der Waals surface area contributed by atoms with Crippen molar-refractivity contribution in [1.29, 1.82) is 0 Å². The first kappa shape index (κ1) is 22.2. The number of thiocarbonyl (C=S) groups is 1. The first-order chi connectivity index (χ1) is 16.4.